The second-order valence-corrected chi connectivity index (χ2v) is 5.06. The lowest BCUT2D eigenvalue weighted by Gasteiger charge is -2.26. The topological polar surface area (TPSA) is 58.4 Å². The molecule has 2 unspecified atom stereocenters. The number of amides is 1. The molecule has 1 heterocycles. The number of fused-ring (bicyclic) bond motifs is 1. The van der Waals surface area contributed by atoms with Gasteiger partial charge in [-0.05, 0) is 38.4 Å². The molecule has 3 N–H and O–H groups in total. The van der Waals surface area contributed by atoms with Crippen LogP contribution in [0.4, 0.5) is 5.69 Å². The molecule has 0 fully saturated rings. The van der Waals surface area contributed by atoms with Crippen molar-refractivity contribution in [2.45, 2.75) is 32.2 Å². The zero-order valence-corrected chi connectivity index (χ0v) is 11.7. The first-order valence-corrected chi connectivity index (χ1v) is 7.02. The molecule has 1 aliphatic heterocycles. The molecule has 1 aliphatic rings. The average Bonchev–Trinajstić information content (AvgIpc) is 2.78. The third-order valence-electron chi connectivity index (χ3n) is 3.82. The molecule has 4 nitrogen and oxygen atoms in total. The third-order valence-corrected chi connectivity index (χ3v) is 3.82. The Balaban J connectivity index is 2.22. The molecular formula is C15H23N3O. The summed E-state index contributed by atoms with van der Waals surface area (Å²) >= 11 is 0. The van der Waals surface area contributed by atoms with Gasteiger partial charge in [-0.1, -0.05) is 18.2 Å². The molecule has 2 atom stereocenters. The van der Waals surface area contributed by atoms with E-state index >= 15 is 0 Å². The molecular weight excluding hydrogens is 238 g/mol. The van der Waals surface area contributed by atoms with Crippen molar-refractivity contribution in [2.75, 3.05) is 24.5 Å². The molecule has 0 aromatic heterocycles. The van der Waals surface area contributed by atoms with Crippen molar-refractivity contribution in [3.05, 3.63) is 29.8 Å². The maximum Gasteiger partial charge on any atom is 0.242 e. The lowest BCUT2D eigenvalue weighted by molar-refractivity contribution is -0.121. The summed E-state index contributed by atoms with van der Waals surface area (Å²) in [5.41, 5.74) is 8.20. The van der Waals surface area contributed by atoms with Crippen LogP contribution in [0.25, 0.3) is 0 Å². The first-order valence-electron chi connectivity index (χ1n) is 7.02. The molecule has 19 heavy (non-hydrogen) atoms. The van der Waals surface area contributed by atoms with Crippen LogP contribution in [0.15, 0.2) is 24.3 Å². The molecule has 2 rings (SSSR count). The van der Waals surface area contributed by atoms with Gasteiger partial charge in [-0.15, -0.1) is 0 Å². The van der Waals surface area contributed by atoms with E-state index in [1.165, 1.54) is 11.3 Å². The Labute approximate surface area is 115 Å². The quantitative estimate of drug-likeness (QED) is 0.843. The van der Waals surface area contributed by atoms with Crippen LogP contribution < -0.4 is 16.0 Å². The van der Waals surface area contributed by atoms with Gasteiger partial charge in [0.05, 0.1) is 0 Å². The third kappa shape index (κ3) is 2.73. The standard InChI is InChI=1S/C15H23N3O/c1-3-17-15(19)11(2)18-10-12(8-9-16)13-6-4-5-7-14(13)18/h4-7,11-12H,3,8-10,16H2,1-2H3,(H,17,19). The van der Waals surface area contributed by atoms with E-state index in [1.807, 2.05) is 19.9 Å². The Hall–Kier alpha value is -1.55. The van der Waals surface area contributed by atoms with Gasteiger partial charge in [0, 0.05) is 24.7 Å². The predicted octanol–water partition coefficient (Wildman–Crippen LogP) is 1.46. The van der Waals surface area contributed by atoms with Crippen LogP contribution in [0.3, 0.4) is 0 Å². The number of carbonyl (C=O) groups excluding carboxylic acids is 1. The minimum atomic E-state index is -0.135. The van der Waals surface area contributed by atoms with Gasteiger partial charge < -0.3 is 16.0 Å². The Morgan fingerprint density at radius 3 is 2.95 bits per heavy atom. The van der Waals surface area contributed by atoms with E-state index in [0.29, 0.717) is 19.0 Å². The van der Waals surface area contributed by atoms with Crippen molar-refractivity contribution >= 4 is 11.6 Å². The second-order valence-electron chi connectivity index (χ2n) is 5.06. The summed E-state index contributed by atoms with van der Waals surface area (Å²) in [6, 6.07) is 8.20. The van der Waals surface area contributed by atoms with Crippen LogP contribution in [0.1, 0.15) is 31.7 Å². The summed E-state index contributed by atoms with van der Waals surface area (Å²) in [4.78, 5) is 14.2. The highest BCUT2D eigenvalue weighted by atomic mass is 16.2. The summed E-state index contributed by atoms with van der Waals surface area (Å²) in [6.45, 7) is 6.15. The largest absolute Gasteiger partial charge is 0.359 e. The molecule has 1 aromatic rings. The van der Waals surface area contributed by atoms with E-state index in [4.69, 9.17) is 5.73 Å². The Morgan fingerprint density at radius 2 is 2.26 bits per heavy atom. The zero-order valence-electron chi connectivity index (χ0n) is 11.7. The van der Waals surface area contributed by atoms with Gasteiger partial charge in [0.25, 0.3) is 0 Å². The molecule has 4 heteroatoms. The fraction of sp³-hybridized carbons (Fsp3) is 0.533. The van der Waals surface area contributed by atoms with Crippen molar-refractivity contribution in [3.63, 3.8) is 0 Å². The maximum absolute atomic E-state index is 12.0. The van der Waals surface area contributed by atoms with Crippen LogP contribution in [0.5, 0.6) is 0 Å². The molecule has 0 saturated heterocycles. The van der Waals surface area contributed by atoms with Crippen LogP contribution in [-0.2, 0) is 4.79 Å². The number of carbonyl (C=O) groups is 1. The van der Waals surface area contributed by atoms with Crippen molar-refractivity contribution in [3.8, 4) is 0 Å². The second kappa shape index (κ2) is 6.06. The Bertz CT molecular complexity index is 447. The predicted molar refractivity (Wildman–Crippen MR) is 78.3 cm³/mol. The summed E-state index contributed by atoms with van der Waals surface area (Å²) in [5, 5.41) is 2.89. The summed E-state index contributed by atoms with van der Waals surface area (Å²) in [6.07, 6.45) is 0.968. The van der Waals surface area contributed by atoms with Gasteiger partial charge >= 0.3 is 0 Å². The molecule has 0 spiro atoms. The van der Waals surface area contributed by atoms with E-state index < -0.39 is 0 Å². The fourth-order valence-corrected chi connectivity index (χ4v) is 2.81. The maximum atomic E-state index is 12.0. The van der Waals surface area contributed by atoms with E-state index in [-0.39, 0.29) is 11.9 Å². The Morgan fingerprint density at radius 1 is 1.53 bits per heavy atom. The molecule has 1 aromatic carbocycles. The van der Waals surface area contributed by atoms with Crippen molar-refractivity contribution in [1.82, 2.24) is 5.32 Å². The Kier molecular flexibility index (Phi) is 4.43. The van der Waals surface area contributed by atoms with Gasteiger partial charge in [-0.2, -0.15) is 0 Å². The van der Waals surface area contributed by atoms with Crippen LogP contribution in [-0.4, -0.2) is 31.6 Å². The highest BCUT2D eigenvalue weighted by Crippen LogP contribution is 2.38. The highest BCUT2D eigenvalue weighted by molar-refractivity contribution is 5.85. The first-order chi connectivity index (χ1) is 9.19. The number of para-hydroxylation sites is 1. The van der Waals surface area contributed by atoms with E-state index in [1.54, 1.807) is 0 Å². The highest BCUT2D eigenvalue weighted by Gasteiger charge is 2.32. The molecule has 0 saturated carbocycles. The lowest BCUT2D eigenvalue weighted by Crippen LogP contribution is -2.44. The summed E-state index contributed by atoms with van der Waals surface area (Å²) in [7, 11) is 0. The number of likely N-dealkylation sites (N-methyl/N-ethyl adjacent to an activating group) is 1. The molecule has 0 bridgehead atoms. The smallest absolute Gasteiger partial charge is 0.242 e. The van der Waals surface area contributed by atoms with Crippen LogP contribution in [0, 0.1) is 0 Å². The van der Waals surface area contributed by atoms with Gasteiger partial charge in [0.2, 0.25) is 5.91 Å². The molecule has 0 aliphatic carbocycles. The lowest BCUT2D eigenvalue weighted by atomic mass is 9.98. The summed E-state index contributed by atoms with van der Waals surface area (Å²) in [5.74, 6) is 0.531. The monoisotopic (exact) mass is 261 g/mol. The number of hydrogen-bond donors (Lipinski definition) is 2. The van der Waals surface area contributed by atoms with Crippen molar-refractivity contribution in [2.24, 2.45) is 5.73 Å². The van der Waals surface area contributed by atoms with Crippen molar-refractivity contribution < 1.29 is 4.79 Å². The number of rotatable bonds is 5. The number of nitrogens with two attached hydrogens (primary N) is 1. The van der Waals surface area contributed by atoms with Gasteiger partial charge in [-0.3, -0.25) is 4.79 Å². The minimum Gasteiger partial charge on any atom is -0.359 e. The molecule has 0 radical (unpaired) electrons. The number of anilines is 1. The van der Waals surface area contributed by atoms with E-state index in [2.05, 4.69) is 28.4 Å². The molecule has 104 valence electrons. The van der Waals surface area contributed by atoms with Gasteiger partial charge in [-0.25, -0.2) is 0 Å². The van der Waals surface area contributed by atoms with Crippen LogP contribution in [0.2, 0.25) is 0 Å². The van der Waals surface area contributed by atoms with E-state index in [0.717, 1.165) is 13.0 Å². The number of hydrogen-bond acceptors (Lipinski definition) is 3. The van der Waals surface area contributed by atoms with Gasteiger partial charge in [0.15, 0.2) is 0 Å². The first kappa shape index (κ1) is 13.9. The number of nitrogens with zero attached hydrogens (tertiary/aromatic N) is 1. The van der Waals surface area contributed by atoms with Crippen molar-refractivity contribution in [1.29, 1.82) is 0 Å². The zero-order chi connectivity index (χ0) is 13.8. The van der Waals surface area contributed by atoms with Gasteiger partial charge in [0.1, 0.15) is 6.04 Å². The normalized spacial score (nSPS) is 19.1. The SMILES string of the molecule is CCNC(=O)C(C)N1CC(CCN)c2ccccc21. The average molecular weight is 261 g/mol. The fourth-order valence-electron chi connectivity index (χ4n) is 2.81. The molecule has 1 amide bonds. The number of benzene rings is 1. The van der Waals surface area contributed by atoms with E-state index in [9.17, 15) is 4.79 Å². The number of nitrogens with one attached hydrogen (secondary N) is 1. The minimum absolute atomic E-state index is 0.0886. The van der Waals surface area contributed by atoms with Crippen LogP contribution >= 0.6 is 0 Å². The summed E-state index contributed by atoms with van der Waals surface area (Å²) < 4.78 is 0.